The number of methoxy groups -OCH3 is 2. The molecule has 0 aromatic heterocycles. The van der Waals surface area contributed by atoms with Crippen molar-refractivity contribution in [1.29, 1.82) is 0 Å². The zero-order valence-corrected chi connectivity index (χ0v) is 16.0. The Bertz CT molecular complexity index is 781. The van der Waals surface area contributed by atoms with Gasteiger partial charge in [0.1, 0.15) is 6.54 Å². The van der Waals surface area contributed by atoms with Crippen LogP contribution in [0.2, 0.25) is 0 Å². The normalized spacial score (nSPS) is 15.1. The van der Waals surface area contributed by atoms with E-state index in [1.807, 2.05) is 35.2 Å². The Hall–Kier alpha value is -2.79. The third-order valence-corrected chi connectivity index (χ3v) is 4.91. The van der Waals surface area contributed by atoms with Gasteiger partial charge in [-0.3, -0.25) is 4.79 Å². The van der Waals surface area contributed by atoms with Crippen molar-refractivity contribution in [2.45, 2.75) is 6.54 Å². The molecule has 27 heavy (non-hydrogen) atoms. The molecule has 1 saturated heterocycles. The standard InChI is InChI=1S/C22H26N2O3/c1-26-20-10-8-18(16-21(20)27-2)9-11-22(25)24-14-12-23(13-15-24)17-19-6-4-3-5-7-19/h3-11,16H,12-15,17H2,1-2H3/p+1/b11-9+. The van der Waals surface area contributed by atoms with Gasteiger partial charge < -0.3 is 19.3 Å². The maximum absolute atomic E-state index is 12.5. The fraction of sp³-hybridized carbons (Fsp3) is 0.318. The molecule has 1 heterocycles. The number of piperazine rings is 1. The lowest BCUT2D eigenvalue weighted by Gasteiger charge is -2.31. The van der Waals surface area contributed by atoms with E-state index in [1.54, 1.807) is 20.3 Å². The average molecular weight is 367 g/mol. The fourth-order valence-corrected chi connectivity index (χ4v) is 3.33. The van der Waals surface area contributed by atoms with E-state index in [0.29, 0.717) is 11.5 Å². The second kappa shape index (κ2) is 9.24. The van der Waals surface area contributed by atoms with Gasteiger partial charge in [0.05, 0.1) is 40.4 Å². The summed E-state index contributed by atoms with van der Waals surface area (Å²) in [6, 6.07) is 16.1. The summed E-state index contributed by atoms with van der Waals surface area (Å²) in [5, 5.41) is 0. The molecule has 3 rings (SSSR count). The number of rotatable bonds is 6. The van der Waals surface area contributed by atoms with Crippen molar-refractivity contribution in [3.8, 4) is 11.5 Å². The summed E-state index contributed by atoms with van der Waals surface area (Å²) in [6.07, 6.45) is 3.47. The van der Waals surface area contributed by atoms with Crippen LogP contribution in [0.3, 0.4) is 0 Å². The Balaban J connectivity index is 1.53. The van der Waals surface area contributed by atoms with Gasteiger partial charge in [0.2, 0.25) is 5.91 Å². The largest absolute Gasteiger partial charge is 0.493 e. The molecule has 1 amide bonds. The Morgan fingerprint density at radius 1 is 1.04 bits per heavy atom. The highest BCUT2D eigenvalue weighted by Crippen LogP contribution is 2.27. The average Bonchev–Trinajstić information content (AvgIpc) is 2.73. The van der Waals surface area contributed by atoms with Crippen LogP contribution in [0.15, 0.2) is 54.6 Å². The highest BCUT2D eigenvalue weighted by atomic mass is 16.5. The van der Waals surface area contributed by atoms with E-state index in [4.69, 9.17) is 9.47 Å². The lowest BCUT2D eigenvalue weighted by Crippen LogP contribution is -3.13. The number of hydrogen-bond donors (Lipinski definition) is 1. The van der Waals surface area contributed by atoms with Gasteiger partial charge in [-0.25, -0.2) is 0 Å². The number of carbonyl (C=O) groups is 1. The molecule has 2 aromatic rings. The Kier molecular flexibility index (Phi) is 6.49. The van der Waals surface area contributed by atoms with E-state index in [-0.39, 0.29) is 5.91 Å². The first-order chi connectivity index (χ1) is 13.2. The molecule has 1 aliphatic heterocycles. The minimum absolute atomic E-state index is 0.0588. The summed E-state index contributed by atoms with van der Waals surface area (Å²) in [6.45, 7) is 4.55. The molecule has 0 aliphatic carbocycles. The third-order valence-electron chi connectivity index (χ3n) is 4.91. The van der Waals surface area contributed by atoms with Gasteiger partial charge in [-0.2, -0.15) is 0 Å². The van der Waals surface area contributed by atoms with Gasteiger partial charge in [-0.15, -0.1) is 0 Å². The lowest BCUT2D eigenvalue weighted by atomic mass is 10.1. The minimum Gasteiger partial charge on any atom is -0.493 e. The maximum atomic E-state index is 12.5. The highest BCUT2D eigenvalue weighted by Gasteiger charge is 2.22. The van der Waals surface area contributed by atoms with E-state index in [2.05, 4.69) is 24.3 Å². The van der Waals surface area contributed by atoms with Crippen LogP contribution in [0.1, 0.15) is 11.1 Å². The number of nitrogens with zero attached hydrogens (tertiary/aromatic N) is 1. The van der Waals surface area contributed by atoms with Gasteiger partial charge in [0.15, 0.2) is 11.5 Å². The van der Waals surface area contributed by atoms with E-state index < -0.39 is 0 Å². The molecule has 142 valence electrons. The molecule has 0 bridgehead atoms. The Morgan fingerprint density at radius 3 is 2.41 bits per heavy atom. The zero-order chi connectivity index (χ0) is 19.1. The highest BCUT2D eigenvalue weighted by molar-refractivity contribution is 5.91. The van der Waals surface area contributed by atoms with Gasteiger partial charge in [0, 0.05) is 11.6 Å². The van der Waals surface area contributed by atoms with Crippen LogP contribution in [-0.2, 0) is 11.3 Å². The van der Waals surface area contributed by atoms with Crippen molar-refractivity contribution >= 4 is 12.0 Å². The fourth-order valence-electron chi connectivity index (χ4n) is 3.33. The second-order valence-corrected chi connectivity index (χ2v) is 6.69. The Morgan fingerprint density at radius 2 is 1.74 bits per heavy atom. The molecule has 0 atom stereocenters. The topological polar surface area (TPSA) is 43.2 Å². The summed E-state index contributed by atoms with van der Waals surface area (Å²) < 4.78 is 10.5. The van der Waals surface area contributed by atoms with E-state index in [1.165, 1.54) is 10.5 Å². The maximum Gasteiger partial charge on any atom is 0.246 e. The van der Waals surface area contributed by atoms with E-state index >= 15 is 0 Å². The van der Waals surface area contributed by atoms with Crippen LogP contribution in [-0.4, -0.2) is 51.2 Å². The number of benzene rings is 2. The number of nitrogens with one attached hydrogen (secondary N) is 1. The molecular weight excluding hydrogens is 340 g/mol. The smallest absolute Gasteiger partial charge is 0.246 e. The van der Waals surface area contributed by atoms with Gasteiger partial charge in [-0.05, 0) is 23.8 Å². The van der Waals surface area contributed by atoms with Crippen LogP contribution in [0.25, 0.3) is 6.08 Å². The van der Waals surface area contributed by atoms with Crippen LogP contribution < -0.4 is 14.4 Å². The SMILES string of the molecule is COc1ccc(/C=C/C(=O)N2CC[NH+](Cc3ccccc3)CC2)cc1OC. The van der Waals surface area contributed by atoms with Crippen molar-refractivity contribution in [2.75, 3.05) is 40.4 Å². The van der Waals surface area contributed by atoms with Crippen LogP contribution in [0, 0.1) is 0 Å². The summed E-state index contributed by atoms with van der Waals surface area (Å²) in [5.74, 6) is 1.40. The molecular formula is C22H27N2O3+. The zero-order valence-electron chi connectivity index (χ0n) is 16.0. The molecule has 5 heteroatoms. The van der Waals surface area contributed by atoms with Gasteiger partial charge in [-0.1, -0.05) is 36.4 Å². The monoisotopic (exact) mass is 367 g/mol. The number of ether oxygens (including phenoxy) is 2. The van der Waals surface area contributed by atoms with Gasteiger partial charge in [0.25, 0.3) is 0 Å². The molecule has 0 unspecified atom stereocenters. The van der Waals surface area contributed by atoms with E-state index in [9.17, 15) is 4.79 Å². The Labute approximate surface area is 160 Å². The molecule has 1 aliphatic rings. The lowest BCUT2D eigenvalue weighted by molar-refractivity contribution is -0.917. The second-order valence-electron chi connectivity index (χ2n) is 6.69. The van der Waals surface area contributed by atoms with Crippen molar-refractivity contribution in [1.82, 2.24) is 4.90 Å². The number of quaternary nitrogens is 1. The first kappa shape index (κ1) is 19.0. The minimum atomic E-state index is 0.0588. The quantitative estimate of drug-likeness (QED) is 0.790. The van der Waals surface area contributed by atoms with Crippen molar-refractivity contribution in [3.05, 3.63) is 65.7 Å². The molecule has 0 radical (unpaired) electrons. The summed E-state index contributed by atoms with van der Waals surface area (Å²) in [5.41, 5.74) is 2.26. The molecule has 0 spiro atoms. The first-order valence-electron chi connectivity index (χ1n) is 9.26. The van der Waals surface area contributed by atoms with Crippen LogP contribution in [0.5, 0.6) is 11.5 Å². The molecule has 2 aromatic carbocycles. The molecule has 1 N–H and O–H groups in total. The summed E-state index contributed by atoms with van der Waals surface area (Å²) in [4.78, 5) is 15.9. The van der Waals surface area contributed by atoms with Crippen molar-refractivity contribution in [3.63, 3.8) is 0 Å². The van der Waals surface area contributed by atoms with Crippen molar-refractivity contribution < 1.29 is 19.2 Å². The van der Waals surface area contributed by atoms with E-state index in [0.717, 1.165) is 38.3 Å². The number of carbonyl (C=O) groups excluding carboxylic acids is 1. The molecule has 0 saturated carbocycles. The molecule has 1 fully saturated rings. The number of amides is 1. The van der Waals surface area contributed by atoms with Gasteiger partial charge >= 0.3 is 0 Å². The predicted octanol–water partition coefficient (Wildman–Crippen LogP) is 1.64. The number of hydrogen-bond acceptors (Lipinski definition) is 3. The summed E-state index contributed by atoms with van der Waals surface area (Å²) in [7, 11) is 3.21. The van der Waals surface area contributed by atoms with Crippen LogP contribution >= 0.6 is 0 Å². The summed E-state index contributed by atoms with van der Waals surface area (Å²) >= 11 is 0. The predicted molar refractivity (Wildman–Crippen MR) is 106 cm³/mol. The van der Waals surface area contributed by atoms with Crippen LogP contribution in [0.4, 0.5) is 0 Å². The molecule has 5 nitrogen and oxygen atoms in total. The third kappa shape index (κ3) is 5.11. The van der Waals surface area contributed by atoms with Crippen molar-refractivity contribution in [2.24, 2.45) is 0 Å². The first-order valence-corrected chi connectivity index (χ1v) is 9.26.